The first-order chi connectivity index (χ1) is 11.0. The zero-order valence-corrected chi connectivity index (χ0v) is 13.9. The van der Waals surface area contributed by atoms with E-state index in [1.165, 1.54) is 17.0 Å². The summed E-state index contributed by atoms with van der Waals surface area (Å²) < 4.78 is 41.6. The number of benzene rings is 1. The quantitative estimate of drug-likeness (QED) is 0.861. The number of likely N-dealkylation sites (N-methyl/N-ethyl adjacent to an activating group) is 1. The second-order valence-electron chi connectivity index (χ2n) is 6.70. The maximum Gasteiger partial charge on any atom is 0.573 e. The van der Waals surface area contributed by atoms with Gasteiger partial charge in [0.25, 0.3) is 0 Å². The summed E-state index contributed by atoms with van der Waals surface area (Å²) in [5.41, 5.74) is -0.625. The Morgan fingerprint density at radius 3 is 2.50 bits per heavy atom. The lowest BCUT2D eigenvalue weighted by Gasteiger charge is -2.28. The van der Waals surface area contributed by atoms with Gasteiger partial charge in [-0.25, -0.2) is 0 Å². The fourth-order valence-corrected chi connectivity index (χ4v) is 2.86. The number of nitrogens with zero attached hydrogens (tertiary/aromatic N) is 1. The van der Waals surface area contributed by atoms with Crippen LogP contribution in [0.25, 0.3) is 0 Å². The van der Waals surface area contributed by atoms with Gasteiger partial charge in [0.05, 0.1) is 5.60 Å². The first-order valence-corrected chi connectivity index (χ1v) is 7.87. The number of ether oxygens (including phenoxy) is 1. The maximum absolute atomic E-state index is 12.5. The Hall–Kier alpha value is -1.76. The van der Waals surface area contributed by atoms with Gasteiger partial charge in [-0.1, -0.05) is 18.2 Å². The molecule has 7 heteroatoms. The van der Waals surface area contributed by atoms with Gasteiger partial charge < -0.3 is 14.7 Å². The second kappa shape index (κ2) is 6.63. The van der Waals surface area contributed by atoms with E-state index in [0.29, 0.717) is 18.5 Å². The first-order valence-electron chi connectivity index (χ1n) is 7.87. The lowest BCUT2D eigenvalue weighted by molar-refractivity contribution is -0.274. The lowest BCUT2D eigenvalue weighted by Crippen LogP contribution is -2.42. The van der Waals surface area contributed by atoms with E-state index in [0.717, 1.165) is 0 Å². The van der Waals surface area contributed by atoms with Crippen LogP contribution < -0.4 is 4.74 Å². The molecule has 1 amide bonds. The highest BCUT2D eigenvalue weighted by Crippen LogP contribution is 2.51. The predicted molar refractivity (Wildman–Crippen MR) is 82.5 cm³/mol. The van der Waals surface area contributed by atoms with Gasteiger partial charge in [0.1, 0.15) is 5.75 Å². The minimum atomic E-state index is -4.76. The van der Waals surface area contributed by atoms with Gasteiger partial charge in [0.15, 0.2) is 0 Å². The number of hydrogen-bond acceptors (Lipinski definition) is 3. The highest BCUT2D eigenvalue weighted by Gasteiger charge is 2.48. The predicted octanol–water partition coefficient (Wildman–Crippen LogP) is 3.31. The van der Waals surface area contributed by atoms with Crippen LogP contribution in [0.1, 0.15) is 38.7 Å². The Morgan fingerprint density at radius 2 is 1.96 bits per heavy atom. The monoisotopic (exact) mass is 345 g/mol. The Labute approximate surface area is 139 Å². The summed E-state index contributed by atoms with van der Waals surface area (Å²) >= 11 is 0. The molecule has 1 saturated carbocycles. The number of aliphatic hydroxyl groups is 1. The molecular weight excluding hydrogens is 323 g/mol. The zero-order valence-electron chi connectivity index (χ0n) is 13.9. The maximum atomic E-state index is 12.5. The Morgan fingerprint density at radius 1 is 1.33 bits per heavy atom. The van der Waals surface area contributed by atoms with Crippen LogP contribution in [0.4, 0.5) is 13.2 Å². The van der Waals surface area contributed by atoms with E-state index in [9.17, 15) is 23.1 Å². The van der Waals surface area contributed by atoms with Gasteiger partial charge >= 0.3 is 6.36 Å². The van der Waals surface area contributed by atoms with Crippen molar-refractivity contribution in [3.05, 3.63) is 29.8 Å². The number of carbonyl (C=O) groups excluding carboxylic acids is 1. The van der Waals surface area contributed by atoms with Crippen molar-refractivity contribution in [3.63, 3.8) is 0 Å². The number of alkyl halides is 3. The Balaban J connectivity index is 2.11. The molecule has 0 bridgehead atoms. The second-order valence-corrected chi connectivity index (χ2v) is 6.70. The molecule has 0 heterocycles. The fourth-order valence-electron chi connectivity index (χ4n) is 2.86. The third kappa shape index (κ3) is 4.87. The van der Waals surface area contributed by atoms with Crippen molar-refractivity contribution in [2.45, 2.75) is 45.1 Å². The molecule has 1 N–H and O–H groups in total. The van der Waals surface area contributed by atoms with Crippen molar-refractivity contribution in [1.82, 2.24) is 4.90 Å². The third-order valence-corrected chi connectivity index (χ3v) is 3.92. The minimum Gasteiger partial charge on any atom is -0.405 e. The van der Waals surface area contributed by atoms with E-state index in [4.69, 9.17) is 0 Å². The van der Waals surface area contributed by atoms with Crippen LogP contribution in [-0.2, 0) is 4.79 Å². The van der Waals surface area contributed by atoms with E-state index in [2.05, 4.69) is 4.74 Å². The average Bonchev–Trinajstić information content (AvgIpc) is 3.22. The Bertz CT molecular complexity index is 595. The molecule has 1 aromatic carbocycles. The SMILES string of the molecule is CCN(CC(C)(C)O)C(=O)C1CC1c1ccccc1OC(F)(F)F. The van der Waals surface area contributed by atoms with Gasteiger partial charge in [0, 0.05) is 19.0 Å². The molecule has 1 aromatic rings. The summed E-state index contributed by atoms with van der Waals surface area (Å²) in [6.07, 6.45) is -4.28. The van der Waals surface area contributed by atoms with Crippen molar-refractivity contribution in [3.8, 4) is 5.75 Å². The number of halogens is 3. The normalized spacial score (nSPS) is 20.6. The molecule has 2 atom stereocenters. The summed E-state index contributed by atoms with van der Waals surface area (Å²) in [5, 5.41) is 9.89. The number of amides is 1. The number of para-hydroxylation sites is 1. The molecule has 2 rings (SSSR count). The van der Waals surface area contributed by atoms with Gasteiger partial charge in [-0.3, -0.25) is 4.79 Å². The summed E-state index contributed by atoms with van der Waals surface area (Å²) in [7, 11) is 0. The molecule has 0 spiro atoms. The number of rotatable bonds is 6. The average molecular weight is 345 g/mol. The molecule has 0 aliphatic heterocycles. The van der Waals surface area contributed by atoms with Crippen LogP contribution >= 0.6 is 0 Å². The van der Waals surface area contributed by atoms with Crippen LogP contribution in [0.15, 0.2) is 24.3 Å². The molecule has 134 valence electrons. The van der Waals surface area contributed by atoms with Crippen LogP contribution in [0.2, 0.25) is 0 Å². The van der Waals surface area contributed by atoms with Gasteiger partial charge in [-0.15, -0.1) is 13.2 Å². The summed E-state index contributed by atoms with van der Waals surface area (Å²) in [6, 6.07) is 5.92. The topological polar surface area (TPSA) is 49.8 Å². The molecule has 1 fully saturated rings. The van der Waals surface area contributed by atoms with Gasteiger partial charge in [0.2, 0.25) is 5.91 Å². The lowest BCUT2D eigenvalue weighted by atomic mass is 10.1. The molecule has 2 unspecified atom stereocenters. The van der Waals surface area contributed by atoms with Crippen LogP contribution in [0.3, 0.4) is 0 Å². The molecule has 0 radical (unpaired) electrons. The van der Waals surface area contributed by atoms with E-state index >= 15 is 0 Å². The van der Waals surface area contributed by atoms with Gasteiger partial charge in [-0.2, -0.15) is 0 Å². The Kier molecular flexibility index (Phi) is 5.13. The minimum absolute atomic E-state index is 0.147. The molecular formula is C17H22F3NO3. The first kappa shape index (κ1) is 18.6. The van der Waals surface area contributed by atoms with Crippen molar-refractivity contribution in [2.75, 3.05) is 13.1 Å². The van der Waals surface area contributed by atoms with E-state index < -0.39 is 12.0 Å². The van der Waals surface area contributed by atoms with Crippen molar-refractivity contribution >= 4 is 5.91 Å². The summed E-state index contributed by atoms with van der Waals surface area (Å²) in [5.74, 6) is -1.06. The van der Waals surface area contributed by atoms with Crippen molar-refractivity contribution < 1.29 is 27.8 Å². The van der Waals surface area contributed by atoms with E-state index in [1.54, 1.807) is 26.0 Å². The highest BCUT2D eigenvalue weighted by molar-refractivity contribution is 5.83. The largest absolute Gasteiger partial charge is 0.573 e. The molecule has 24 heavy (non-hydrogen) atoms. The summed E-state index contributed by atoms with van der Waals surface area (Å²) in [6.45, 7) is 5.65. The standard InChI is InChI=1S/C17H22F3NO3/c1-4-21(10-16(2,3)23)15(22)13-9-12(13)11-7-5-6-8-14(11)24-17(18,19)20/h5-8,12-13,23H,4,9-10H2,1-3H3. The molecule has 4 nitrogen and oxygen atoms in total. The van der Waals surface area contributed by atoms with E-state index in [-0.39, 0.29) is 30.0 Å². The van der Waals surface area contributed by atoms with E-state index in [1.807, 2.05) is 6.92 Å². The third-order valence-electron chi connectivity index (χ3n) is 3.92. The van der Waals surface area contributed by atoms with Crippen molar-refractivity contribution in [2.24, 2.45) is 5.92 Å². The number of hydrogen-bond donors (Lipinski definition) is 1. The smallest absolute Gasteiger partial charge is 0.405 e. The van der Waals surface area contributed by atoms with Crippen LogP contribution in [0.5, 0.6) is 5.75 Å². The summed E-state index contributed by atoms with van der Waals surface area (Å²) in [4.78, 5) is 14.1. The molecule has 1 aliphatic carbocycles. The molecule has 0 saturated heterocycles. The number of carbonyl (C=O) groups is 1. The van der Waals surface area contributed by atoms with Crippen LogP contribution in [0, 0.1) is 5.92 Å². The molecule has 1 aliphatic rings. The highest BCUT2D eigenvalue weighted by atomic mass is 19.4. The molecule has 0 aromatic heterocycles. The van der Waals surface area contributed by atoms with Gasteiger partial charge in [-0.05, 0) is 44.7 Å². The fraction of sp³-hybridized carbons (Fsp3) is 0.588. The zero-order chi connectivity index (χ0) is 18.1. The van der Waals surface area contributed by atoms with Crippen LogP contribution in [-0.4, -0.2) is 41.0 Å². The van der Waals surface area contributed by atoms with Crippen molar-refractivity contribution in [1.29, 1.82) is 0 Å².